The molecular weight excluding hydrogens is 385 g/mol. The van der Waals surface area contributed by atoms with Gasteiger partial charge in [-0.05, 0) is 81.0 Å². The van der Waals surface area contributed by atoms with E-state index in [9.17, 15) is 0 Å². The second-order valence-corrected chi connectivity index (χ2v) is 9.56. The molecule has 1 atom stereocenters. The van der Waals surface area contributed by atoms with Crippen molar-refractivity contribution in [3.8, 4) is 0 Å². The summed E-state index contributed by atoms with van der Waals surface area (Å²) in [5, 5.41) is 0. The molecule has 1 aromatic heterocycles. The first kappa shape index (κ1) is 17.1. The number of aromatic nitrogens is 2. The van der Waals surface area contributed by atoms with Gasteiger partial charge in [0.25, 0.3) is 0 Å². The Morgan fingerprint density at radius 3 is 2.50 bits per heavy atom. The summed E-state index contributed by atoms with van der Waals surface area (Å²) in [5.74, 6) is 1.07. The Bertz CT molecular complexity index is 793. The number of hydrogen-bond acceptors (Lipinski definition) is 2. The highest BCUT2D eigenvalue weighted by atomic mass is 79.9. The first-order valence-corrected chi connectivity index (χ1v) is 10.7. The van der Waals surface area contributed by atoms with E-state index in [0.717, 1.165) is 25.2 Å². The van der Waals surface area contributed by atoms with E-state index in [-0.39, 0.29) is 6.04 Å². The Kier molecular flexibility index (Phi) is 4.09. The molecule has 134 valence electrons. The van der Waals surface area contributed by atoms with E-state index in [1.165, 1.54) is 54.3 Å². The van der Waals surface area contributed by atoms with Crippen molar-refractivity contribution in [2.75, 3.05) is 6.54 Å². The van der Waals surface area contributed by atoms with E-state index >= 15 is 0 Å². The fraction of sp³-hybridized carbons (Fsp3) is 0.571. The number of rotatable bonds is 3. The lowest BCUT2D eigenvalue weighted by Crippen LogP contribution is -2.46. The second kappa shape index (κ2) is 6.24. The summed E-state index contributed by atoms with van der Waals surface area (Å²) in [6.45, 7) is 0.973. The van der Waals surface area contributed by atoms with Gasteiger partial charge >= 0.3 is 0 Å². The van der Waals surface area contributed by atoms with Crippen LogP contribution in [0.15, 0.2) is 34.9 Å². The maximum Gasteiger partial charge on any atom is 0.183 e. The number of nitrogens with one attached hydrogen (secondary N) is 1. The van der Waals surface area contributed by atoms with Crippen molar-refractivity contribution < 1.29 is 0 Å². The van der Waals surface area contributed by atoms with Gasteiger partial charge in [-0.2, -0.15) is 0 Å². The van der Waals surface area contributed by atoms with Gasteiger partial charge in [0.05, 0.1) is 6.04 Å². The Hall–Kier alpha value is -1.07. The summed E-state index contributed by atoms with van der Waals surface area (Å²) >= 11 is 3.65. The predicted molar refractivity (Wildman–Crippen MR) is 108 cm³/mol. The molecule has 2 radical (unpaired) electrons. The van der Waals surface area contributed by atoms with Gasteiger partial charge < -0.3 is 9.79 Å². The van der Waals surface area contributed by atoms with Crippen LogP contribution in [0.3, 0.4) is 0 Å². The lowest BCUT2D eigenvalue weighted by atomic mass is 9.51. The van der Waals surface area contributed by atoms with Crippen molar-refractivity contribution in [2.24, 2.45) is 0 Å². The molecule has 4 aliphatic rings. The average molecular weight is 410 g/mol. The van der Waals surface area contributed by atoms with Gasteiger partial charge in [-0.1, -0.05) is 28.1 Å². The van der Waals surface area contributed by atoms with Crippen molar-refractivity contribution in [3.05, 3.63) is 52.0 Å². The van der Waals surface area contributed by atoms with Crippen LogP contribution >= 0.6 is 15.9 Å². The third-order valence-corrected chi connectivity index (χ3v) is 7.95. The van der Waals surface area contributed by atoms with E-state index in [1.807, 2.05) is 4.81 Å². The Morgan fingerprint density at radius 2 is 1.85 bits per heavy atom. The molecule has 2 heterocycles. The van der Waals surface area contributed by atoms with Crippen LogP contribution in [0.25, 0.3) is 0 Å². The first-order valence-electron chi connectivity index (χ1n) is 9.93. The largest absolute Gasteiger partial charge is 0.345 e. The molecule has 6 rings (SSSR count). The number of nitrogens with zero attached hydrogens (tertiary/aromatic N) is 2. The van der Waals surface area contributed by atoms with E-state index in [4.69, 9.17) is 13.0 Å². The summed E-state index contributed by atoms with van der Waals surface area (Å²) in [6, 6.07) is 9.25. The highest BCUT2D eigenvalue weighted by molar-refractivity contribution is 9.10. The topological polar surface area (TPSA) is 31.9 Å². The van der Waals surface area contributed by atoms with Crippen LogP contribution in [-0.2, 0) is 10.8 Å². The number of imidazole rings is 1. The highest BCUT2D eigenvalue weighted by Gasteiger charge is 2.50. The van der Waals surface area contributed by atoms with E-state index in [0.29, 0.717) is 10.8 Å². The fourth-order valence-electron chi connectivity index (χ4n) is 5.70. The highest BCUT2D eigenvalue weighted by Crippen LogP contribution is 2.58. The Labute approximate surface area is 165 Å². The molecule has 5 heteroatoms. The Balaban J connectivity index is 1.38. The van der Waals surface area contributed by atoms with Crippen molar-refractivity contribution >= 4 is 23.9 Å². The van der Waals surface area contributed by atoms with Gasteiger partial charge in [0.15, 0.2) is 7.98 Å². The molecule has 0 spiro atoms. The summed E-state index contributed by atoms with van der Waals surface area (Å²) in [5.41, 5.74) is 3.57. The third-order valence-electron chi connectivity index (χ3n) is 7.46. The molecule has 2 aromatic rings. The molecule has 1 aromatic carbocycles. The average Bonchev–Trinajstić information content (AvgIpc) is 3.32. The molecule has 3 saturated carbocycles. The molecule has 0 amide bonds. The number of fused-ring (bicyclic) bond motifs is 3. The Morgan fingerprint density at radius 1 is 1.12 bits per heavy atom. The monoisotopic (exact) mass is 409 g/mol. The van der Waals surface area contributed by atoms with Crippen LogP contribution in [-0.4, -0.2) is 29.3 Å². The molecule has 1 aliphatic heterocycles. The molecule has 3 aliphatic carbocycles. The SMILES string of the molecule is [B]N1CCCC1c1ncc(C23CCC(c4cccc(Br)c4)(CC2)CC3)[nH]1. The van der Waals surface area contributed by atoms with Gasteiger partial charge in [-0.15, -0.1) is 0 Å². The van der Waals surface area contributed by atoms with Crippen LogP contribution in [0.4, 0.5) is 0 Å². The van der Waals surface area contributed by atoms with Crippen LogP contribution in [0.1, 0.15) is 74.5 Å². The fourth-order valence-corrected chi connectivity index (χ4v) is 6.10. The van der Waals surface area contributed by atoms with Gasteiger partial charge in [0, 0.05) is 21.8 Å². The minimum absolute atomic E-state index is 0.271. The maximum atomic E-state index is 6.14. The maximum absolute atomic E-state index is 6.14. The van der Waals surface area contributed by atoms with Gasteiger partial charge in [-0.3, -0.25) is 0 Å². The third kappa shape index (κ3) is 2.62. The predicted octanol–water partition coefficient (Wildman–Crippen LogP) is 4.94. The van der Waals surface area contributed by atoms with Crippen molar-refractivity contribution in [3.63, 3.8) is 0 Å². The van der Waals surface area contributed by atoms with Gasteiger partial charge in [0.1, 0.15) is 5.82 Å². The smallest absolute Gasteiger partial charge is 0.183 e. The van der Waals surface area contributed by atoms with Gasteiger partial charge in [0.2, 0.25) is 0 Å². The van der Waals surface area contributed by atoms with Crippen molar-refractivity contribution in [2.45, 2.75) is 68.2 Å². The van der Waals surface area contributed by atoms with Crippen LogP contribution < -0.4 is 0 Å². The quantitative estimate of drug-likeness (QED) is 0.728. The van der Waals surface area contributed by atoms with Crippen molar-refractivity contribution in [1.29, 1.82) is 0 Å². The zero-order valence-corrected chi connectivity index (χ0v) is 16.8. The summed E-state index contributed by atoms with van der Waals surface area (Å²) < 4.78 is 1.20. The standard InChI is InChI=1S/C21H25BBrN3/c22-26-12-2-5-17(26)19-24-14-18(25-19)21-9-6-20(7-10-21,8-11-21)15-3-1-4-16(23)13-15/h1,3-4,13-14,17H,2,5-12H2,(H,24,25). The zero-order valence-electron chi connectivity index (χ0n) is 15.2. The van der Waals surface area contributed by atoms with E-state index < -0.39 is 0 Å². The molecule has 3 nitrogen and oxygen atoms in total. The van der Waals surface area contributed by atoms with Gasteiger partial charge in [-0.25, -0.2) is 4.98 Å². The van der Waals surface area contributed by atoms with E-state index in [1.54, 1.807) is 0 Å². The molecule has 1 saturated heterocycles. The van der Waals surface area contributed by atoms with Crippen molar-refractivity contribution in [1.82, 2.24) is 14.8 Å². The number of benzene rings is 1. The summed E-state index contributed by atoms with van der Waals surface area (Å²) in [4.78, 5) is 10.4. The summed E-state index contributed by atoms with van der Waals surface area (Å²) in [6.07, 6.45) is 12.0. The second-order valence-electron chi connectivity index (χ2n) is 8.65. The first-order chi connectivity index (χ1) is 12.6. The normalized spacial score (nSPS) is 34.4. The summed E-state index contributed by atoms with van der Waals surface area (Å²) in [7, 11) is 6.14. The number of H-pyrrole nitrogens is 1. The van der Waals surface area contributed by atoms with E-state index in [2.05, 4.69) is 51.4 Å². The molecule has 1 unspecified atom stereocenters. The number of hydrogen-bond donors (Lipinski definition) is 1. The number of aromatic amines is 1. The minimum atomic E-state index is 0.271. The van der Waals surface area contributed by atoms with Crippen LogP contribution in [0, 0.1) is 0 Å². The minimum Gasteiger partial charge on any atom is -0.345 e. The van der Waals surface area contributed by atoms with Crippen LogP contribution in [0.5, 0.6) is 0 Å². The lowest BCUT2D eigenvalue weighted by molar-refractivity contribution is 0.0988. The van der Waals surface area contributed by atoms with Crippen LogP contribution in [0.2, 0.25) is 0 Å². The molecular formula is C21H25BBrN3. The molecule has 26 heavy (non-hydrogen) atoms. The number of halogens is 1. The molecule has 4 fully saturated rings. The zero-order chi connectivity index (χ0) is 17.8. The lowest BCUT2D eigenvalue weighted by Gasteiger charge is -2.53. The molecule has 1 N–H and O–H groups in total. The molecule has 2 bridgehead atoms.